The van der Waals surface area contributed by atoms with Crippen LogP contribution in [0.4, 0.5) is 0 Å². The molecule has 0 aromatic rings. The second-order valence-electron chi connectivity index (χ2n) is 2.37. The zero-order chi connectivity index (χ0) is 7.94. The molecule has 4 heteroatoms. The number of hydrogen-bond donors (Lipinski definition) is 2. The second kappa shape index (κ2) is 5.12. The van der Waals surface area contributed by atoms with Gasteiger partial charge in [0.2, 0.25) is 0 Å². The molecule has 1 saturated heterocycles. The minimum absolute atomic E-state index is 0.780. The summed E-state index contributed by atoms with van der Waals surface area (Å²) in [4.78, 5) is 0. The molecule has 0 saturated carbocycles. The van der Waals surface area contributed by atoms with Gasteiger partial charge in [0.15, 0.2) is 0 Å². The number of hydrazine groups is 1. The van der Waals surface area contributed by atoms with E-state index in [4.69, 9.17) is 4.74 Å². The lowest BCUT2D eigenvalue weighted by Gasteiger charge is -2.24. The molecule has 0 aliphatic carbocycles. The van der Waals surface area contributed by atoms with Crippen molar-refractivity contribution in [1.82, 2.24) is 15.8 Å². The molecule has 1 rings (SSSR count). The van der Waals surface area contributed by atoms with Crippen molar-refractivity contribution in [2.24, 2.45) is 0 Å². The number of ether oxygens (including phenoxy) is 1. The van der Waals surface area contributed by atoms with Gasteiger partial charge in [0, 0.05) is 19.3 Å². The van der Waals surface area contributed by atoms with Crippen molar-refractivity contribution < 1.29 is 4.74 Å². The van der Waals surface area contributed by atoms with E-state index in [-0.39, 0.29) is 0 Å². The topological polar surface area (TPSA) is 36.5 Å². The molecular formula is C7H15N3O. The molecule has 0 amide bonds. The molecule has 2 N–H and O–H groups in total. The maximum absolute atomic E-state index is 5.27. The lowest BCUT2D eigenvalue weighted by atomic mass is 10.6. The van der Waals surface area contributed by atoms with Crippen LogP contribution in [-0.2, 0) is 4.74 Å². The quantitative estimate of drug-likeness (QED) is 0.567. The van der Waals surface area contributed by atoms with Crippen LogP contribution in [0.1, 0.15) is 0 Å². The first kappa shape index (κ1) is 8.52. The van der Waals surface area contributed by atoms with Crippen LogP contribution >= 0.6 is 0 Å². The summed E-state index contributed by atoms with van der Waals surface area (Å²) in [7, 11) is 0. The van der Waals surface area contributed by atoms with Gasteiger partial charge < -0.3 is 15.5 Å². The zero-order valence-corrected chi connectivity index (χ0v) is 6.68. The van der Waals surface area contributed by atoms with Gasteiger partial charge in [-0.15, -0.1) is 0 Å². The maximum atomic E-state index is 5.27. The molecule has 0 unspecified atom stereocenters. The molecule has 4 nitrogen and oxygen atoms in total. The molecular weight excluding hydrogens is 142 g/mol. The van der Waals surface area contributed by atoms with Crippen LogP contribution in [-0.4, -0.2) is 38.0 Å². The van der Waals surface area contributed by atoms with E-state index in [0.29, 0.717) is 0 Å². The summed E-state index contributed by atoms with van der Waals surface area (Å²) >= 11 is 0. The monoisotopic (exact) mass is 157 g/mol. The number of nitrogens with one attached hydrogen (secondary N) is 2. The fraction of sp³-hybridized carbons (Fsp3) is 0.714. The molecule has 0 radical (unpaired) electrons. The molecule has 0 bridgehead atoms. The van der Waals surface area contributed by atoms with E-state index >= 15 is 0 Å². The largest absolute Gasteiger partial charge is 0.379 e. The van der Waals surface area contributed by atoms with E-state index < -0.39 is 0 Å². The van der Waals surface area contributed by atoms with Crippen LogP contribution < -0.4 is 10.7 Å². The molecule has 1 aliphatic rings. The van der Waals surface area contributed by atoms with Crippen molar-refractivity contribution in [3.63, 3.8) is 0 Å². The van der Waals surface area contributed by atoms with E-state index in [1.807, 2.05) is 5.01 Å². The molecule has 0 aromatic carbocycles. The molecule has 0 aromatic heterocycles. The highest BCUT2D eigenvalue weighted by atomic mass is 16.5. The Kier molecular flexibility index (Phi) is 3.96. The van der Waals surface area contributed by atoms with E-state index in [2.05, 4.69) is 17.3 Å². The van der Waals surface area contributed by atoms with Crippen molar-refractivity contribution >= 4 is 0 Å². The Morgan fingerprint density at radius 2 is 2.45 bits per heavy atom. The number of rotatable bonds is 2. The Morgan fingerprint density at radius 3 is 3.27 bits per heavy atom. The van der Waals surface area contributed by atoms with E-state index in [1.165, 1.54) is 0 Å². The van der Waals surface area contributed by atoms with Gasteiger partial charge in [-0.1, -0.05) is 6.58 Å². The van der Waals surface area contributed by atoms with E-state index in [9.17, 15) is 0 Å². The molecule has 1 fully saturated rings. The summed E-state index contributed by atoms with van der Waals surface area (Å²) < 4.78 is 5.27. The Bertz CT molecular complexity index is 110. The summed E-state index contributed by atoms with van der Waals surface area (Å²) in [6.45, 7) is 7.82. The Morgan fingerprint density at radius 1 is 1.55 bits per heavy atom. The lowest BCUT2D eigenvalue weighted by Crippen LogP contribution is -2.45. The molecule has 11 heavy (non-hydrogen) atoms. The van der Waals surface area contributed by atoms with Crippen molar-refractivity contribution in [1.29, 1.82) is 0 Å². The smallest absolute Gasteiger partial charge is 0.0670 e. The van der Waals surface area contributed by atoms with Crippen LogP contribution in [0.25, 0.3) is 0 Å². The summed E-state index contributed by atoms with van der Waals surface area (Å²) in [5, 5.41) is 5.23. The first-order chi connectivity index (χ1) is 5.43. The molecule has 0 spiro atoms. The number of hydrogen-bond acceptors (Lipinski definition) is 4. The molecule has 0 atom stereocenters. The van der Waals surface area contributed by atoms with Crippen molar-refractivity contribution in [2.45, 2.75) is 0 Å². The Hall–Kier alpha value is -0.580. The summed E-state index contributed by atoms with van der Waals surface area (Å²) in [5.74, 6) is 0. The predicted octanol–water partition coefficient (Wildman–Crippen LogP) is -0.486. The maximum Gasteiger partial charge on any atom is 0.0670 e. The van der Waals surface area contributed by atoms with Gasteiger partial charge in [-0.25, -0.2) is 5.01 Å². The highest BCUT2D eigenvalue weighted by molar-refractivity contribution is 4.63. The average molecular weight is 157 g/mol. The van der Waals surface area contributed by atoms with Gasteiger partial charge in [0.05, 0.1) is 19.9 Å². The highest BCUT2D eigenvalue weighted by Gasteiger charge is 2.03. The van der Waals surface area contributed by atoms with Gasteiger partial charge in [-0.05, 0) is 0 Å². The molecule has 64 valence electrons. The van der Waals surface area contributed by atoms with Crippen molar-refractivity contribution in [3.8, 4) is 0 Å². The van der Waals surface area contributed by atoms with Crippen molar-refractivity contribution in [3.05, 3.63) is 12.8 Å². The van der Waals surface area contributed by atoms with Gasteiger partial charge in [-0.2, -0.15) is 0 Å². The first-order valence-corrected chi connectivity index (χ1v) is 3.84. The fourth-order valence-electron chi connectivity index (χ4n) is 0.954. The predicted molar refractivity (Wildman–Crippen MR) is 43.7 cm³/mol. The number of nitrogens with zero attached hydrogens (tertiary/aromatic N) is 1. The summed E-state index contributed by atoms with van der Waals surface area (Å²) in [5.41, 5.74) is 3.01. The van der Waals surface area contributed by atoms with Crippen molar-refractivity contribution in [2.75, 3.05) is 33.0 Å². The van der Waals surface area contributed by atoms with Crippen LogP contribution in [0.3, 0.4) is 0 Å². The Balaban J connectivity index is 2.20. The van der Waals surface area contributed by atoms with Gasteiger partial charge >= 0.3 is 0 Å². The third-order valence-electron chi connectivity index (χ3n) is 1.51. The summed E-state index contributed by atoms with van der Waals surface area (Å²) in [6, 6.07) is 0. The molecule has 1 aliphatic heterocycles. The molecule has 1 heterocycles. The van der Waals surface area contributed by atoms with Gasteiger partial charge in [-0.3, -0.25) is 0 Å². The third-order valence-corrected chi connectivity index (χ3v) is 1.51. The van der Waals surface area contributed by atoms with Crippen LogP contribution in [0, 0.1) is 0 Å². The normalized spacial score (nSPS) is 21.8. The van der Waals surface area contributed by atoms with Crippen LogP contribution in [0.15, 0.2) is 12.8 Å². The van der Waals surface area contributed by atoms with Gasteiger partial charge in [0.1, 0.15) is 0 Å². The average Bonchev–Trinajstić information content (AvgIpc) is 1.94. The van der Waals surface area contributed by atoms with E-state index in [1.54, 1.807) is 6.20 Å². The lowest BCUT2D eigenvalue weighted by molar-refractivity contribution is 0.0656. The summed E-state index contributed by atoms with van der Waals surface area (Å²) in [6.07, 6.45) is 1.67. The second-order valence-corrected chi connectivity index (χ2v) is 2.37. The minimum Gasteiger partial charge on any atom is -0.379 e. The SMILES string of the molecule is C=CNN1CCOCCNC1. The third kappa shape index (κ3) is 3.36. The zero-order valence-electron chi connectivity index (χ0n) is 6.68. The minimum atomic E-state index is 0.780. The highest BCUT2D eigenvalue weighted by Crippen LogP contribution is 1.85. The van der Waals surface area contributed by atoms with Gasteiger partial charge in [0.25, 0.3) is 0 Å². The van der Waals surface area contributed by atoms with E-state index in [0.717, 1.165) is 33.0 Å². The first-order valence-electron chi connectivity index (χ1n) is 3.84. The standard InChI is InChI=1S/C7H15N3O/c1-2-9-10-4-6-11-5-3-8-7-10/h2,8-9H,1,3-7H2. The van der Waals surface area contributed by atoms with Crippen LogP contribution in [0.2, 0.25) is 0 Å². The Labute approximate surface area is 67.2 Å². The fourth-order valence-corrected chi connectivity index (χ4v) is 0.954. The van der Waals surface area contributed by atoms with Crippen LogP contribution in [0.5, 0.6) is 0 Å².